The van der Waals surface area contributed by atoms with Gasteiger partial charge in [-0.2, -0.15) is 0 Å². The van der Waals surface area contributed by atoms with E-state index in [9.17, 15) is 4.79 Å². The summed E-state index contributed by atoms with van der Waals surface area (Å²) in [6.45, 7) is 0.325. The number of allylic oxidation sites excluding steroid dienone is 2. The predicted molar refractivity (Wildman–Crippen MR) is 108 cm³/mol. The van der Waals surface area contributed by atoms with Gasteiger partial charge in [0, 0.05) is 17.3 Å². The van der Waals surface area contributed by atoms with Gasteiger partial charge in [0.1, 0.15) is 17.0 Å². The number of ether oxygens (including phenoxy) is 1. The van der Waals surface area contributed by atoms with Crippen LogP contribution in [0.3, 0.4) is 0 Å². The van der Waals surface area contributed by atoms with Crippen molar-refractivity contribution in [2.45, 2.75) is 32.2 Å². The van der Waals surface area contributed by atoms with E-state index in [2.05, 4.69) is 11.1 Å². The van der Waals surface area contributed by atoms with Crippen LogP contribution in [-0.2, 0) is 11.3 Å². The summed E-state index contributed by atoms with van der Waals surface area (Å²) < 4.78 is 11.3. The van der Waals surface area contributed by atoms with Crippen molar-refractivity contribution in [3.8, 4) is 5.75 Å². The first-order valence-corrected chi connectivity index (χ1v) is 9.78. The van der Waals surface area contributed by atoms with E-state index in [1.165, 1.54) is 0 Å². The van der Waals surface area contributed by atoms with Gasteiger partial charge in [-0.15, -0.1) is 0 Å². The van der Waals surface area contributed by atoms with Crippen LogP contribution in [-0.4, -0.2) is 22.4 Å². The number of amides is 1. The Morgan fingerprint density at radius 2 is 2.14 bits per heavy atom. The number of nitrogens with zero attached hydrogens (tertiary/aromatic N) is 2. The lowest BCUT2D eigenvalue weighted by Crippen LogP contribution is -2.34. The number of benzene rings is 1. The Morgan fingerprint density at radius 3 is 2.93 bits per heavy atom. The van der Waals surface area contributed by atoms with Gasteiger partial charge in [-0.1, -0.05) is 17.7 Å². The molecule has 2 aromatic heterocycles. The van der Waals surface area contributed by atoms with Gasteiger partial charge in [0.05, 0.1) is 17.8 Å². The van der Waals surface area contributed by atoms with E-state index in [1.807, 2.05) is 24.3 Å². The zero-order chi connectivity index (χ0) is 19.3. The van der Waals surface area contributed by atoms with Crippen LogP contribution in [0.1, 0.15) is 31.4 Å². The van der Waals surface area contributed by atoms with Gasteiger partial charge in [0.2, 0.25) is 0 Å². The fourth-order valence-electron chi connectivity index (χ4n) is 3.42. The van der Waals surface area contributed by atoms with Crippen LogP contribution in [0, 0.1) is 0 Å². The van der Waals surface area contributed by atoms with Crippen LogP contribution in [0.15, 0.2) is 65.0 Å². The fourth-order valence-corrected chi connectivity index (χ4v) is 3.64. The summed E-state index contributed by atoms with van der Waals surface area (Å²) >= 11 is 6.23. The average Bonchev–Trinajstić information content (AvgIpc) is 3.25. The molecule has 0 aliphatic heterocycles. The van der Waals surface area contributed by atoms with E-state index in [1.54, 1.807) is 29.5 Å². The summed E-state index contributed by atoms with van der Waals surface area (Å²) in [6, 6.07) is 10.9. The summed E-state index contributed by atoms with van der Waals surface area (Å²) in [5, 5.41) is 1.41. The molecule has 0 N–H and O–H groups in total. The van der Waals surface area contributed by atoms with Crippen LogP contribution in [0.2, 0.25) is 5.02 Å². The quantitative estimate of drug-likeness (QED) is 0.563. The molecule has 3 aromatic rings. The number of carbonyl (C=O) groups excluding carboxylic acids is 1. The molecule has 1 aliphatic rings. The van der Waals surface area contributed by atoms with Crippen molar-refractivity contribution in [2.75, 3.05) is 6.61 Å². The molecular formula is C22H21ClN2O3. The summed E-state index contributed by atoms with van der Waals surface area (Å²) in [6.07, 6.45) is 9.57. The number of hydrogen-bond donors (Lipinski definition) is 0. The van der Waals surface area contributed by atoms with E-state index in [0.29, 0.717) is 22.8 Å². The Kier molecular flexibility index (Phi) is 5.63. The molecule has 0 spiro atoms. The van der Waals surface area contributed by atoms with Gasteiger partial charge < -0.3 is 14.1 Å². The topological polar surface area (TPSA) is 55.6 Å². The van der Waals surface area contributed by atoms with Gasteiger partial charge in [-0.25, -0.2) is 0 Å². The highest BCUT2D eigenvalue weighted by Gasteiger charge is 2.22. The number of fused-ring (bicyclic) bond motifs is 1. The minimum Gasteiger partial charge on any atom is -0.481 e. The highest BCUT2D eigenvalue weighted by atomic mass is 35.5. The fraction of sp³-hybridized carbons (Fsp3) is 0.273. The first-order chi connectivity index (χ1) is 13.7. The second-order valence-electron chi connectivity index (χ2n) is 6.73. The van der Waals surface area contributed by atoms with Gasteiger partial charge in [0.15, 0.2) is 6.61 Å². The van der Waals surface area contributed by atoms with Crippen LogP contribution in [0.25, 0.3) is 10.9 Å². The number of rotatable bonds is 6. The summed E-state index contributed by atoms with van der Waals surface area (Å²) in [7, 11) is 0. The lowest BCUT2D eigenvalue weighted by atomic mass is 10.0. The van der Waals surface area contributed by atoms with Crippen molar-refractivity contribution in [3.63, 3.8) is 0 Å². The maximum Gasteiger partial charge on any atom is 0.265 e. The maximum absolute atomic E-state index is 13.0. The standard InChI is InChI=1S/C22H21ClN2O3/c23-19-10-11-20(22-18(19)9-4-12-24-22)28-15-21(26)25(14-17-8-5-13-27-17)16-6-2-1-3-7-16/h4-6,8-13H,1-3,7,14-15H2. The molecule has 6 heteroatoms. The molecule has 0 saturated heterocycles. The van der Waals surface area contributed by atoms with Crippen molar-refractivity contribution >= 4 is 28.4 Å². The van der Waals surface area contributed by atoms with E-state index >= 15 is 0 Å². The zero-order valence-electron chi connectivity index (χ0n) is 15.4. The molecule has 1 aromatic carbocycles. The van der Waals surface area contributed by atoms with Crippen LogP contribution < -0.4 is 4.74 Å². The van der Waals surface area contributed by atoms with E-state index in [4.69, 9.17) is 20.8 Å². The third-order valence-corrected chi connectivity index (χ3v) is 5.17. The van der Waals surface area contributed by atoms with E-state index in [-0.39, 0.29) is 12.5 Å². The molecule has 0 unspecified atom stereocenters. The minimum atomic E-state index is -0.108. The average molecular weight is 397 g/mol. The third kappa shape index (κ3) is 4.04. The molecule has 5 nitrogen and oxygen atoms in total. The van der Waals surface area contributed by atoms with Crippen molar-refractivity contribution in [1.29, 1.82) is 0 Å². The monoisotopic (exact) mass is 396 g/mol. The Labute approximate surface area is 168 Å². The lowest BCUT2D eigenvalue weighted by molar-refractivity contribution is -0.132. The SMILES string of the molecule is O=C(COc1ccc(Cl)c2cccnc12)N(Cc1ccco1)C1=CCCCC1. The molecule has 2 heterocycles. The first-order valence-electron chi connectivity index (χ1n) is 9.40. The highest BCUT2D eigenvalue weighted by Crippen LogP contribution is 2.30. The van der Waals surface area contributed by atoms with Crippen LogP contribution in [0.5, 0.6) is 5.75 Å². The molecule has 0 saturated carbocycles. The Balaban J connectivity index is 1.53. The number of halogens is 1. The second kappa shape index (κ2) is 8.48. The van der Waals surface area contributed by atoms with Gasteiger partial charge in [-0.3, -0.25) is 9.78 Å². The Bertz CT molecular complexity index is 998. The van der Waals surface area contributed by atoms with E-state index < -0.39 is 0 Å². The van der Waals surface area contributed by atoms with Crippen molar-refractivity contribution < 1.29 is 13.9 Å². The first kappa shape index (κ1) is 18.6. The van der Waals surface area contributed by atoms with Gasteiger partial charge >= 0.3 is 0 Å². The summed E-state index contributed by atoms with van der Waals surface area (Å²) in [5.41, 5.74) is 1.69. The lowest BCUT2D eigenvalue weighted by Gasteiger charge is -2.27. The molecular weight excluding hydrogens is 376 g/mol. The second-order valence-corrected chi connectivity index (χ2v) is 7.14. The summed E-state index contributed by atoms with van der Waals surface area (Å²) in [4.78, 5) is 19.1. The molecule has 1 amide bonds. The molecule has 1 aliphatic carbocycles. The zero-order valence-corrected chi connectivity index (χ0v) is 16.2. The summed E-state index contributed by atoms with van der Waals surface area (Å²) in [5.74, 6) is 1.19. The smallest absolute Gasteiger partial charge is 0.265 e. The van der Waals surface area contributed by atoms with Gasteiger partial charge in [0.25, 0.3) is 5.91 Å². The van der Waals surface area contributed by atoms with Gasteiger partial charge in [-0.05, 0) is 62.1 Å². The Hall–Kier alpha value is -2.79. The number of aromatic nitrogens is 1. The molecule has 0 bridgehead atoms. The number of furan rings is 1. The van der Waals surface area contributed by atoms with Crippen molar-refractivity contribution in [3.05, 3.63) is 71.4 Å². The molecule has 0 radical (unpaired) electrons. The molecule has 0 fully saturated rings. The molecule has 144 valence electrons. The van der Waals surface area contributed by atoms with E-state index in [0.717, 1.165) is 42.5 Å². The van der Waals surface area contributed by atoms with Crippen LogP contribution in [0.4, 0.5) is 0 Å². The normalized spacial score (nSPS) is 14.0. The minimum absolute atomic E-state index is 0.0780. The van der Waals surface area contributed by atoms with Crippen molar-refractivity contribution in [1.82, 2.24) is 9.88 Å². The Morgan fingerprint density at radius 1 is 1.21 bits per heavy atom. The molecule has 28 heavy (non-hydrogen) atoms. The highest BCUT2D eigenvalue weighted by molar-refractivity contribution is 6.35. The number of hydrogen-bond acceptors (Lipinski definition) is 4. The largest absolute Gasteiger partial charge is 0.481 e. The molecule has 0 atom stereocenters. The number of pyridine rings is 1. The molecule has 4 rings (SSSR count). The van der Waals surface area contributed by atoms with Crippen LogP contribution >= 0.6 is 11.6 Å². The maximum atomic E-state index is 13.0. The predicted octanol–water partition coefficient (Wildman–Crippen LogP) is 5.35. The third-order valence-electron chi connectivity index (χ3n) is 4.84. The number of carbonyl (C=O) groups is 1. The van der Waals surface area contributed by atoms with Crippen molar-refractivity contribution in [2.24, 2.45) is 0 Å².